The Bertz CT molecular complexity index is 116. The molecule has 3 heteroatoms. The minimum Gasteiger partial charge on any atom is -0.436 e. The SMILES string of the molecule is CC(=O)OC1CCCCO1. The third-order valence-electron chi connectivity index (χ3n) is 1.44. The van der Waals surface area contributed by atoms with Crippen LogP contribution in [0.5, 0.6) is 0 Å². The van der Waals surface area contributed by atoms with E-state index in [2.05, 4.69) is 0 Å². The maximum Gasteiger partial charge on any atom is 0.304 e. The summed E-state index contributed by atoms with van der Waals surface area (Å²) in [7, 11) is 0. The highest BCUT2D eigenvalue weighted by Crippen LogP contribution is 2.13. The minimum absolute atomic E-state index is 0.257. The van der Waals surface area contributed by atoms with E-state index in [4.69, 9.17) is 9.47 Å². The summed E-state index contributed by atoms with van der Waals surface area (Å²) in [4.78, 5) is 10.4. The van der Waals surface area contributed by atoms with Gasteiger partial charge in [-0.05, 0) is 12.8 Å². The molecule has 1 unspecified atom stereocenters. The summed E-state index contributed by atoms with van der Waals surface area (Å²) >= 11 is 0. The molecule has 0 saturated carbocycles. The van der Waals surface area contributed by atoms with Crippen LogP contribution in [-0.2, 0) is 14.3 Å². The van der Waals surface area contributed by atoms with Crippen molar-refractivity contribution in [1.82, 2.24) is 0 Å². The maximum atomic E-state index is 10.4. The van der Waals surface area contributed by atoms with E-state index >= 15 is 0 Å². The van der Waals surface area contributed by atoms with Gasteiger partial charge >= 0.3 is 5.97 Å². The first-order valence-electron chi connectivity index (χ1n) is 3.58. The Morgan fingerprint density at radius 2 is 2.40 bits per heavy atom. The van der Waals surface area contributed by atoms with Crippen LogP contribution in [0.15, 0.2) is 0 Å². The van der Waals surface area contributed by atoms with Crippen LogP contribution in [0.3, 0.4) is 0 Å². The highest BCUT2D eigenvalue weighted by Gasteiger charge is 2.15. The molecule has 0 bridgehead atoms. The van der Waals surface area contributed by atoms with Crippen LogP contribution in [0.4, 0.5) is 0 Å². The van der Waals surface area contributed by atoms with Gasteiger partial charge in [0.05, 0.1) is 6.61 Å². The van der Waals surface area contributed by atoms with Crippen LogP contribution in [0.2, 0.25) is 0 Å². The molecule has 1 rings (SSSR count). The molecule has 0 aliphatic carbocycles. The first-order chi connectivity index (χ1) is 4.79. The van der Waals surface area contributed by atoms with Crippen molar-refractivity contribution in [3.05, 3.63) is 0 Å². The Morgan fingerprint density at radius 3 is 2.90 bits per heavy atom. The maximum absolute atomic E-state index is 10.4. The smallest absolute Gasteiger partial charge is 0.304 e. The molecule has 1 heterocycles. The monoisotopic (exact) mass is 144 g/mol. The van der Waals surface area contributed by atoms with E-state index in [1.54, 1.807) is 0 Å². The second kappa shape index (κ2) is 3.56. The molecule has 10 heavy (non-hydrogen) atoms. The van der Waals surface area contributed by atoms with E-state index in [1.165, 1.54) is 6.92 Å². The van der Waals surface area contributed by atoms with Gasteiger partial charge in [-0.15, -0.1) is 0 Å². The van der Waals surface area contributed by atoms with Gasteiger partial charge in [0.1, 0.15) is 0 Å². The Labute approximate surface area is 60.3 Å². The zero-order valence-corrected chi connectivity index (χ0v) is 6.13. The van der Waals surface area contributed by atoms with Crippen molar-refractivity contribution in [3.8, 4) is 0 Å². The molecule has 0 spiro atoms. The summed E-state index contributed by atoms with van der Waals surface area (Å²) < 4.78 is 9.98. The lowest BCUT2D eigenvalue weighted by Gasteiger charge is -2.21. The molecule has 1 aliphatic rings. The highest BCUT2D eigenvalue weighted by atomic mass is 16.7. The van der Waals surface area contributed by atoms with Gasteiger partial charge in [-0.2, -0.15) is 0 Å². The predicted molar refractivity (Wildman–Crippen MR) is 35.4 cm³/mol. The fraction of sp³-hybridized carbons (Fsp3) is 0.857. The zero-order chi connectivity index (χ0) is 7.40. The zero-order valence-electron chi connectivity index (χ0n) is 6.13. The molecule has 0 aromatic rings. The average molecular weight is 144 g/mol. The van der Waals surface area contributed by atoms with Crippen LogP contribution in [0, 0.1) is 0 Å². The number of carbonyl (C=O) groups excluding carboxylic acids is 1. The molecule has 3 nitrogen and oxygen atoms in total. The lowest BCUT2D eigenvalue weighted by molar-refractivity contribution is -0.184. The molecule has 0 aromatic carbocycles. The molecule has 0 amide bonds. The fourth-order valence-corrected chi connectivity index (χ4v) is 0.989. The molecular formula is C7H12O3. The van der Waals surface area contributed by atoms with Crippen molar-refractivity contribution in [1.29, 1.82) is 0 Å². The average Bonchev–Trinajstić information content (AvgIpc) is 1.88. The first-order valence-corrected chi connectivity index (χ1v) is 3.58. The van der Waals surface area contributed by atoms with Crippen LogP contribution >= 0.6 is 0 Å². The van der Waals surface area contributed by atoms with Crippen LogP contribution < -0.4 is 0 Å². The topological polar surface area (TPSA) is 35.5 Å². The fourth-order valence-electron chi connectivity index (χ4n) is 0.989. The van der Waals surface area contributed by atoms with E-state index in [1.807, 2.05) is 0 Å². The van der Waals surface area contributed by atoms with Gasteiger partial charge in [0.15, 0.2) is 0 Å². The van der Waals surface area contributed by atoms with Gasteiger partial charge in [0.25, 0.3) is 0 Å². The van der Waals surface area contributed by atoms with Gasteiger partial charge in [-0.25, -0.2) is 0 Å². The van der Waals surface area contributed by atoms with Crippen LogP contribution in [-0.4, -0.2) is 18.9 Å². The number of hydrogen-bond donors (Lipinski definition) is 0. The molecule has 1 saturated heterocycles. The standard InChI is InChI=1S/C7H12O3/c1-6(8)10-7-4-2-3-5-9-7/h7H,2-5H2,1H3. The number of rotatable bonds is 1. The van der Waals surface area contributed by atoms with E-state index in [0.29, 0.717) is 0 Å². The predicted octanol–water partition coefficient (Wildman–Crippen LogP) is 1.08. The quantitative estimate of drug-likeness (QED) is 0.516. The van der Waals surface area contributed by atoms with Crippen molar-refractivity contribution in [2.45, 2.75) is 32.5 Å². The molecule has 1 fully saturated rings. The van der Waals surface area contributed by atoms with Crippen molar-refractivity contribution < 1.29 is 14.3 Å². The lowest BCUT2D eigenvalue weighted by atomic mass is 10.2. The molecule has 0 N–H and O–H groups in total. The summed E-state index contributed by atoms with van der Waals surface area (Å²) in [6.45, 7) is 2.12. The summed E-state index contributed by atoms with van der Waals surface area (Å²) in [5.74, 6) is -0.257. The summed E-state index contributed by atoms with van der Waals surface area (Å²) in [6.07, 6.45) is 2.75. The van der Waals surface area contributed by atoms with Crippen molar-refractivity contribution >= 4 is 5.97 Å². The van der Waals surface area contributed by atoms with E-state index in [9.17, 15) is 4.79 Å². The summed E-state index contributed by atoms with van der Waals surface area (Å²) in [5, 5.41) is 0. The summed E-state index contributed by atoms with van der Waals surface area (Å²) in [5.41, 5.74) is 0. The molecule has 0 radical (unpaired) electrons. The minimum atomic E-state index is -0.272. The second-order valence-corrected chi connectivity index (χ2v) is 2.41. The Balaban J connectivity index is 2.19. The molecular weight excluding hydrogens is 132 g/mol. The number of hydrogen-bond acceptors (Lipinski definition) is 3. The van der Waals surface area contributed by atoms with Gasteiger partial charge in [0.2, 0.25) is 6.29 Å². The van der Waals surface area contributed by atoms with Gasteiger partial charge in [-0.1, -0.05) is 0 Å². The largest absolute Gasteiger partial charge is 0.436 e. The number of esters is 1. The lowest BCUT2D eigenvalue weighted by Crippen LogP contribution is -2.24. The Hall–Kier alpha value is -0.570. The Morgan fingerprint density at radius 1 is 1.60 bits per heavy atom. The number of ether oxygens (including phenoxy) is 2. The second-order valence-electron chi connectivity index (χ2n) is 2.41. The van der Waals surface area contributed by atoms with E-state index in [-0.39, 0.29) is 12.3 Å². The van der Waals surface area contributed by atoms with Crippen LogP contribution in [0.1, 0.15) is 26.2 Å². The third kappa shape index (κ3) is 2.35. The first kappa shape index (κ1) is 7.54. The van der Waals surface area contributed by atoms with Crippen molar-refractivity contribution in [2.24, 2.45) is 0 Å². The summed E-state index contributed by atoms with van der Waals surface area (Å²) in [6, 6.07) is 0. The Kier molecular flexibility index (Phi) is 2.68. The molecule has 1 atom stereocenters. The van der Waals surface area contributed by atoms with E-state index in [0.717, 1.165) is 25.9 Å². The molecule has 1 aliphatic heterocycles. The third-order valence-corrected chi connectivity index (χ3v) is 1.44. The molecule has 0 aromatic heterocycles. The molecule has 58 valence electrons. The van der Waals surface area contributed by atoms with Crippen molar-refractivity contribution in [3.63, 3.8) is 0 Å². The number of carbonyl (C=O) groups is 1. The van der Waals surface area contributed by atoms with Gasteiger partial charge in [-0.3, -0.25) is 4.79 Å². The van der Waals surface area contributed by atoms with Crippen molar-refractivity contribution in [2.75, 3.05) is 6.61 Å². The van der Waals surface area contributed by atoms with Gasteiger partial charge < -0.3 is 9.47 Å². The van der Waals surface area contributed by atoms with Crippen LogP contribution in [0.25, 0.3) is 0 Å². The van der Waals surface area contributed by atoms with E-state index < -0.39 is 0 Å². The normalized spacial score (nSPS) is 25.9. The van der Waals surface area contributed by atoms with Gasteiger partial charge in [0, 0.05) is 13.3 Å². The highest BCUT2D eigenvalue weighted by molar-refractivity contribution is 5.66.